The molecule has 3 aliphatic carbocycles. The molecule has 0 aromatic heterocycles. The second-order valence-corrected chi connectivity index (χ2v) is 10.3. The molecule has 0 aliphatic heterocycles. The Labute approximate surface area is 188 Å². The zero-order valence-corrected chi connectivity index (χ0v) is 19.3. The van der Waals surface area contributed by atoms with Crippen molar-refractivity contribution in [2.75, 3.05) is 6.61 Å². The fourth-order valence-corrected chi connectivity index (χ4v) is 6.61. The number of ether oxygens (including phenoxy) is 2. The van der Waals surface area contributed by atoms with Crippen molar-refractivity contribution in [3.05, 3.63) is 36.9 Å². The molecule has 4 rings (SSSR count). The van der Waals surface area contributed by atoms with E-state index in [1.165, 1.54) is 57.8 Å². The quantitative estimate of drug-likeness (QED) is 0.264. The first-order chi connectivity index (χ1) is 15.2. The van der Waals surface area contributed by atoms with Crippen molar-refractivity contribution < 1.29 is 14.3 Å². The Morgan fingerprint density at radius 1 is 0.871 bits per heavy atom. The van der Waals surface area contributed by atoms with Crippen LogP contribution in [-0.4, -0.2) is 12.6 Å². The van der Waals surface area contributed by atoms with Gasteiger partial charge in [0.1, 0.15) is 18.1 Å². The summed E-state index contributed by atoms with van der Waals surface area (Å²) in [5.41, 5.74) is 0. The molecule has 3 heteroatoms. The van der Waals surface area contributed by atoms with Crippen LogP contribution in [0.15, 0.2) is 36.9 Å². The van der Waals surface area contributed by atoms with Gasteiger partial charge < -0.3 is 9.47 Å². The van der Waals surface area contributed by atoms with E-state index in [9.17, 15) is 4.79 Å². The lowest BCUT2D eigenvalue weighted by atomic mass is 9.61. The van der Waals surface area contributed by atoms with Gasteiger partial charge in [0.05, 0.1) is 5.92 Å². The molecule has 0 spiro atoms. The van der Waals surface area contributed by atoms with Gasteiger partial charge in [-0.05, 0) is 112 Å². The van der Waals surface area contributed by atoms with Crippen molar-refractivity contribution >= 4 is 5.97 Å². The fraction of sp³-hybridized carbons (Fsp3) is 0.679. The molecule has 31 heavy (non-hydrogen) atoms. The Hall–Kier alpha value is -1.77. The first kappa shape index (κ1) is 22.4. The minimum absolute atomic E-state index is 0.0557. The van der Waals surface area contributed by atoms with Gasteiger partial charge in [-0.3, -0.25) is 4.79 Å². The minimum atomic E-state index is -0.0557. The van der Waals surface area contributed by atoms with E-state index in [0.29, 0.717) is 12.4 Å². The van der Waals surface area contributed by atoms with Crippen molar-refractivity contribution in [1.29, 1.82) is 0 Å². The van der Waals surface area contributed by atoms with E-state index in [2.05, 4.69) is 13.5 Å². The van der Waals surface area contributed by atoms with Crippen LogP contribution in [0.1, 0.15) is 77.6 Å². The summed E-state index contributed by atoms with van der Waals surface area (Å²) in [5, 5.41) is 0. The molecule has 1 aromatic carbocycles. The summed E-state index contributed by atoms with van der Waals surface area (Å²) in [4.78, 5) is 12.7. The molecule has 4 unspecified atom stereocenters. The third kappa shape index (κ3) is 5.73. The third-order valence-electron chi connectivity index (χ3n) is 8.52. The van der Waals surface area contributed by atoms with E-state index in [1.54, 1.807) is 6.08 Å². The van der Waals surface area contributed by atoms with E-state index in [4.69, 9.17) is 9.47 Å². The largest absolute Gasteiger partial charge is 0.490 e. The highest BCUT2D eigenvalue weighted by molar-refractivity contribution is 5.75. The van der Waals surface area contributed by atoms with Crippen LogP contribution in [0.25, 0.3) is 0 Å². The molecule has 3 saturated carbocycles. The van der Waals surface area contributed by atoms with Crippen LogP contribution in [0.2, 0.25) is 0 Å². The molecule has 0 amide bonds. The summed E-state index contributed by atoms with van der Waals surface area (Å²) in [5.74, 6) is 6.10. The second-order valence-electron chi connectivity index (χ2n) is 10.3. The van der Waals surface area contributed by atoms with Crippen molar-refractivity contribution in [2.24, 2.45) is 35.5 Å². The lowest BCUT2D eigenvalue weighted by molar-refractivity contribution is -0.140. The summed E-state index contributed by atoms with van der Waals surface area (Å²) in [6.45, 7) is 6.49. The van der Waals surface area contributed by atoms with Crippen LogP contribution in [0.4, 0.5) is 0 Å². The van der Waals surface area contributed by atoms with Gasteiger partial charge in [0, 0.05) is 0 Å². The average molecular weight is 425 g/mol. The lowest BCUT2D eigenvalue weighted by Gasteiger charge is -2.45. The van der Waals surface area contributed by atoms with Crippen molar-refractivity contribution in [2.45, 2.75) is 77.6 Å². The van der Waals surface area contributed by atoms with Gasteiger partial charge in [-0.15, -0.1) is 0 Å². The van der Waals surface area contributed by atoms with Gasteiger partial charge in [-0.2, -0.15) is 0 Å². The molecule has 0 N–H and O–H groups in total. The number of carbonyl (C=O) groups excluding carboxylic acids is 1. The van der Waals surface area contributed by atoms with Gasteiger partial charge >= 0.3 is 5.97 Å². The van der Waals surface area contributed by atoms with Crippen LogP contribution in [-0.2, 0) is 4.79 Å². The van der Waals surface area contributed by atoms with Gasteiger partial charge in [0.25, 0.3) is 0 Å². The maximum atomic E-state index is 12.7. The van der Waals surface area contributed by atoms with Crippen molar-refractivity contribution in [1.82, 2.24) is 0 Å². The summed E-state index contributed by atoms with van der Waals surface area (Å²) >= 11 is 0. The Kier molecular flexibility index (Phi) is 7.74. The van der Waals surface area contributed by atoms with Crippen LogP contribution < -0.4 is 9.47 Å². The normalized spacial score (nSPS) is 33.2. The number of esters is 1. The standard InChI is InChI=1S/C28H40O3/c1-3-17-30-26-13-15-27(16-14-26)31-28(29)22-9-7-21(8-10-22)24-12-11-23-18-20(4-2)5-6-25(23)19-24/h3,13-16,20-25H,1,4-12,17-19H2,2H3. The minimum Gasteiger partial charge on any atom is -0.490 e. The van der Waals surface area contributed by atoms with E-state index in [0.717, 1.165) is 48.2 Å². The predicted molar refractivity (Wildman–Crippen MR) is 125 cm³/mol. The topological polar surface area (TPSA) is 35.5 Å². The van der Waals surface area contributed by atoms with Crippen molar-refractivity contribution in [3.8, 4) is 11.5 Å². The molecular formula is C28H40O3. The molecular weight excluding hydrogens is 384 g/mol. The van der Waals surface area contributed by atoms with E-state index in [1.807, 2.05) is 24.3 Å². The van der Waals surface area contributed by atoms with Crippen LogP contribution in [0.3, 0.4) is 0 Å². The Bertz CT molecular complexity index is 716. The number of hydrogen-bond acceptors (Lipinski definition) is 3. The lowest BCUT2D eigenvalue weighted by Crippen LogP contribution is -2.35. The number of fused-ring (bicyclic) bond motifs is 1. The summed E-state index contributed by atoms with van der Waals surface area (Å²) in [7, 11) is 0. The highest BCUT2D eigenvalue weighted by Crippen LogP contribution is 2.49. The summed E-state index contributed by atoms with van der Waals surface area (Å²) in [6, 6.07) is 7.31. The second kappa shape index (κ2) is 10.7. The maximum absolute atomic E-state index is 12.7. The zero-order valence-electron chi connectivity index (χ0n) is 19.3. The highest BCUT2D eigenvalue weighted by atomic mass is 16.5. The first-order valence-electron chi connectivity index (χ1n) is 12.7. The number of rotatable bonds is 7. The smallest absolute Gasteiger partial charge is 0.314 e. The molecule has 3 nitrogen and oxygen atoms in total. The molecule has 0 heterocycles. The third-order valence-corrected chi connectivity index (χ3v) is 8.52. The van der Waals surface area contributed by atoms with E-state index >= 15 is 0 Å². The van der Waals surface area contributed by atoms with Crippen LogP contribution in [0.5, 0.6) is 11.5 Å². The van der Waals surface area contributed by atoms with Gasteiger partial charge in [0.15, 0.2) is 0 Å². The van der Waals surface area contributed by atoms with Crippen LogP contribution >= 0.6 is 0 Å². The molecule has 3 aliphatic rings. The molecule has 4 atom stereocenters. The average Bonchev–Trinajstić information content (AvgIpc) is 2.83. The number of hydrogen-bond donors (Lipinski definition) is 0. The van der Waals surface area contributed by atoms with Crippen LogP contribution in [0, 0.1) is 35.5 Å². The SMILES string of the molecule is C=CCOc1ccc(OC(=O)C2CCC(C3CCC4CC(CC)CCC4C3)CC2)cc1. The Balaban J connectivity index is 1.21. The van der Waals surface area contributed by atoms with Crippen molar-refractivity contribution in [3.63, 3.8) is 0 Å². The first-order valence-corrected chi connectivity index (χ1v) is 12.7. The molecule has 170 valence electrons. The van der Waals surface area contributed by atoms with E-state index < -0.39 is 0 Å². The van der Waals surface area contributed by atoms with Gasteiger partial charge in [-0.1, -0.05) is 32.4 Å². The molecule has 3 fully saturated rings. The highest BCUT2D eigenvalue weighted by Gasteiger charge is 2.39. The zero-order chi connectivity index (χ0) is 21.6. The molecule has 0 bridgehead atoms. The molecule has 0 saturated heterocycles. The Morgan fingerprint density at radius 2 is 1.45 bits per heavy atom. The van der Waals surface area contributed by atoms with Gasteiger partial charge in [-0.25, -0.2) is 0 Å². The molecule has 1 aromatic rings. The maximum Gasteiger partial charge on any atom is 0.314 e. The number of carbonyl (C=O) groups is 1. The fourth-order valence-electron chi connectivity index (χ4n) is 6.61. The Morgan fingerprint density at radius 3 is 2.13 bits per heavy atom. The number of benzene rings is 1. The monoisotopic (exact) mass is 424 g/mol. The summed E-state index contributed by atoms with van der Waals surface area (Å²) < 4.78 is 11.2. The predicted octanol–water partition coefficient (Wildman–Crippen LogP) is 7.21. The van der Waals surface area contributed by atoms with E-state index in [-0.39, 0.29) is 11.9 Å². The van der Waals surface area contributed by atoms with Gasteiger partial charge in [0.2, 0.25) is 0 Å². The molecule has 0 radical (unpaired) electrons. The summed E-state index contributed by atoms with van der Waals surface area (Å²) in [6.07, 6.45) is 16.3.